The van der Waals surface area contributed by atoms with Crippen LogP contribution in [0.25, 0.3) is 0 Å². The molecule has 2 N–H and O–H groups in total. The number of rotatable bonds is 7. The highest BCUT2D eigenvalue weighted by atomic mass is 32.1. The maximum atomic E-state index is 13.3. The molecule has 3 heterocycles. The van der Waals surface area contributed by atoms with Crippen LogP contribution in [0.4, 0.5) is 15.7 Å². The van der Waals surface area contributed by atoms with Gasteiger partial charge in [-0.2, -0.15) is 0 Å². The van der Waals surface area contributed by atoms with E-state index in [0.717, 1.165) is 40.2 Å². The average molecular weight is 503 g/mol. The predicted octanol–water partition coefficient (Wildman–Crippen LogP) is 4.94. The lowest BCUT2D eigenvalue weighted by Gasteiger charge is -2.34. The smallest absolute Gasteiger partial charge is 0.408 e. The van der Waals surface area contributed by atoms with Gasteiger partial charge in [0, 0.05) is 41.8 Å². The molecule has 0 aromatic carbocycles. The number of nitrogens with one attached hydrogen (secondary N) is 2. The van der Waals surface area contributed by atoms with Crippen molar-refractivity contribution in [3.63, 3.8) is 0 Å². The Morgan fingerprint density at radius 2 is 1.89 bits per heavy atom. The number of aryl methyl sites for hydroxylation is 2. The minimum atomic E-state index is -0.617. The fourth-order valence-corrected chi connectivity index (χ4v) is 4.75. The van der Waals surface area contributed by atoms with Gasteiger partial charge in [0.1, 0.15) is 23.3 Å². The first-order valence-corrected chi connectivity index (χ1v) is 13.0. The van der Waals surface area contributed by atoms with E-state index in [-0.39, 0.29) is 17.7 Å². The number of alkyl carbamates (subject to hydrolysis) is 1. The number of carbonyl (C=O) groups excluding carboxylic acids is 2. The molecule has 2 aromatic heterocycles. The zero-order chi connectivity index (χ0) is 25.8. The van der Waals surface area contributed by atoms with Crippen molar-refractivity contribution in [2.45, 2.75) is 85.3 Å². The van der Waals surface area contributed by atoms with Crippen LogP contribution in [0.5, 0.6) is 0 Å². The van der Waals surface area contributed by atoms with E-state index in [2.05, 4.69) is 20.6 Å². The fraction of sp³-hybridized carbons (Fsp3) is 0.640. The molecule has 9 nitrogen and oxygen atoms in total. The Bertz CT molecular complexity index is 1020. The highest BCUT2D eigenvalue weighted by Gasteiger charge is 2.32. The van der Waals surface area contributed by atoms with E-state index in [1.807, 2.05) is 65.6 Å². The number of ether oxygens (including phenoxy) is 1. The molecular formula is C25H38N6O3S. The molecule has 0 unspecified atom stereocenters. The zero-order valence-corrected chi connectivity index (χ0v) is 22.7. The van der Waals surface area contributed by atoms with Gasteiger partial charge in [0.25, 0.3) is 0 Å². The van der Waals surface area contributed by atoms with Crippen LogP contribution < -0.4 is 10.6 Å². The second-order valence-electron chi connectivity index (χ2n) is 10.6. The fourth-order valence-electron chi connectivity index (χ4n) is 4.08. The van der Waals surface area contributed by atoms with Crippen LogP contribution in [0.1, 0.15) is 76.2 Å². The zero-order valence-electron chi connectivity index (χ0n) is 21.8. The number of anilines is 2. The van der Waals surface area contributed by atoms with Crippen LogP contribution in [0.3, 0.4) is 0 Å². The second kappa shape index (κ2) is 11.3. The topological polar surface area (TPSA) is 109 Å². The Morgan fingerprint density at radius 1 is 1.20 bits per heavy atom. The van der Waals surface area contributed by atoms with E-state index in [1.54, 1.807) is 11.3 Å². The summed E-state index contributed by atoms with van der Waals surface area (Å²) in [7, 11) is 0. The largest absolute Gasteiger partial charge is 0.444 e. The van der Waals surface area contributed by atoms with Gasteiger partial charge in [-0.05, 0) is 59.8 Å². The first-order chi connectivity index (χ1) is 16.4. The van der Waals surface area contributed by atoms with Crippen LogP contribution in [0, 0.1) is 19.8 Å². The maximum Gasteiger partial charge on any atom is 0.408 e. The molecule has 1 aliphatic rings. The van der Waals surface area contributed by atoms with Crippen LogP contribution >= 0.6 is 11.3 Å². The van der Waals surface area contributed by atoms with Gasteiger partial charge in [-0.25, -0.2) is 19.7 Å². The van der Waals surface area contributed by atoms with E-state index < -0.39 is 17.7 Å². The molecular weight excluding hydrogens is 464 g/mol. The van der Waals surface area contributed by atoms with Gasteiger partial charge in [-0.15, -0.1) is 11.3 Å². The van der Waals surface area contributed by atoms with Crippen molar-refractivity contribution in [3.8, 4) is 0 Å². The van der Waals surface area contributed by atoms with E-state index >= 15 is 0 Å². The monoisotopic (exact) mass is 502 g/mol. The Kier molecular flexibility index (Phi) is 8.69. The highest BCUT2D eigenvalue weighted by Crippen LogP contribution is 2.28. The minimum Gasteiger partial charge on any atom is -0.444 e. The molecule has 2 aromatic rings. The number of piperidine rings is 1. The molecule has 1 saturated heterocycles. The summed E-state index contributed by atoms with van der Waals surface area (Å²) in [4.78, 5) is 42.4. The van der Waals surface area contributed by atoms with Crippen LogP contribution in [0.15, 0.2) is 12.3 Å². The molecule has 3 rings (SSSR count). The molecule has 0 saturated carbocycles. The van der Waals surface area contributed by atoms with Crippen molar-refractivity contribution < 1.29 is 14.3 Å². The van der Waals surface area contributed by atoms with Gasteiger partial charge in [0.15, 0.2) is 5.13 Å². The van der Waals surface area contributed by atoms with E-state index in [9.17, 15) is 9.59 Å². The minimum absolute atomic E-state index is 0.0605. The number of nitrogens with zero attached hydrogens (tertiary/aromatic N) is 4. The van der Waals surface area contributed by atoms with Gasteiger partial charge in [-0.1, -0.05) is 13.8 Å². The predicted molar refractivity (Wildman–Crippen MR) is 138 cm³/mol. The number of thiazole rings is 1. The van der Waals surface area contributed by atoms with Gasteiger partial charge in [0.2, 0.25) is 5.91 Å². The van der Waals surface area contributed by atoms with E-state index in [1.165, 1.54) is 0 Å². The molecule has 1 atom stereocenters. The maximum absolute atomic E-state index is 13.3. The molecule has 2 amide bonds. The number of hydrogen-bond donors (Lipinski definition) is 2. The summed E-state index contributed by atoms with van der Waals surface area (Å²) >= 11 is 1.58. The number of amides is 2. The first-order valence-electron chi connectivity index (χ1n) is 12.2. The van der Waals surface area contributed by atoms with Crippen molar-refractivity contribution in [1.29, 1.82) is 0 Å². The molecule has 0 aliphatic carbocycles. The molecule has 35 heavy (non-hydrogen) atoms. The molecule has 0 bridgehead atoms. The van der Waals surface area contributed by atoms with Gasteiger partial charge >= 0.3 is 6.09 Å². The van der Waals surface area contributed by atoms with E-state index in [0.29, 0.717) is 19.5 Å². The third-order valence-corrected chi connectivity index (χ3v) is 6.42. The molecule has 1 fully saturated rings. The number of hydrogen-bond acceptors (Lipinski definition) is 8. The van der Waals surface area contributed by atoms with Crippen LogP contribution in [-0.2, 0) is 9.53 Å². The SMILES string of the molecule is Cc1cc(Nc2ncc(C)s2)nc(C2CCN(C(=O)[C@H](CC(C)C)NC(=O)OC(C)(C)C)CC2)n1. The lowest BCUT2D eigenvalue weighted by atomic mass is 9.94. The van der Waals surface area contributed by atoms with Crippen LogP contribution in [-0.4, -0.2) is 56.6 Å². The Balaban J connectivity index is 1.63. The molecule has 0 radical (unpaired) electrons. The molecule has 0 spiro atoms. The quantitative estimate of drug-likeness (QED) is 0.552. The van der Waals surface area contributed by atoms with Gasteiger partial charge in [-0.3, -0.25) is 4.79 Å². The Hall–Kier alpha value is -2.75. The summed E-state index contributed by atoms with van der Waals surface area (Å²) in [6, 6.07) is 1.31. The summed E-state index contributed by atoms with van der Waals surface area (Å²) in [5.41, 5.74) is 0.274. The van der Waals surface area contributed by atoms with Crippen molar-refractivity contribution in [1.82, 2.24) is 25.2 Å². The summed E-state index contributed by atoms with van der Waals surface area (Å²) in [6.07, 6.45) is 3.37. The normalized spacial score (nSPS) is 15.7. The van der Waals surface area contributed by atoms with Crippen molar-refractivity contribution in [2.75, 3.05) is 18.4 Å². The summed E-state index contributed by atoms with van der Waals surface area (Å²) in [6.45, 7) is 14.7. The molecule has 1 aliphatic heterocycles. The Morgan fingerprint density at radius 3 is 2.46 bits per heavy atom. The van der Waals surface area contributed by atoms with Crippen molar-refractivity contribution >= 4 is 34.3 Å². The second-order valence-corrected chi connectivity index (χ2v) is 11.8. The standard InChI is InChI=1S/C25H38N6O3S/c1-15(2)12-19(28-24(33)34-25(5,6)7)22(32)31-10-8-18(9-11-31)21-27-16(3)13-20(29-21)30-23-26-14-17(4)35-23/h13-15,18-19H,8-12H2,1-7H3,(H,28,33)(H,26,27,29,30)/t19-/m0/s1. The lowest BCUT2D eigenvalue weighted by Crippen LogP contribution is -2.52. The van der Waals surface area contributed by atoms with Crippen molar-refractivity contribution in [2.24, 2.45) is 5.92 Å². The van der Waals surface area contributed by atoms with Gasteiger partial charge < -0.3 is 20.3 Å². The Labute approximate surface area is 212 Å². The third kappa shape index (κ3) is 8.16. The third-order valence-electron chi connectivity index (χ3n) is 5.60. The number of aromatic nitrogens is 3. The van der Waals surface area contributed by atoms with Crippen molar-refractivity contribution in [3.05, 3.63) is 28.7 Å². The molecule has 192 valence electrons. The van der Waals surface area contributed by atoms with Crippen LogP contribution in [0.2, 0.25) is 0 Å². The lowest BCUT2D eigenvalue weighted by molar-refractivity contribution is -0.135. The summed E-state index contributed by atoms with van der Waals surface area (Å²) in [5, 5.41) is 6.88. The van der Waals surface area contributed by atoms with E-state index in [4.69, 9.17) is 9.72 Å². The molecule has 10 heteroatoms. The highest BCUT2D eigenvalue weighted by molar-refractivity contribution is 7.15. The average Bonchev–Trinajstić information content (AvgIpc) is 3.15. The summed E-state index contributed by atoms with van der Waals surface area (Å²) < 4.78 is 5.38. The van der Waals surface area contributed by atoms with Gasteiger partial charge in [0.05, 0.1) is 0 Å². The summed E-state index contributed by atoms with van der Waals surface area (Å²) in [5.74, 6) is 1.89. The number of carbonyl (C=O) groups is 2. The number of likely N-dealkylation sites (tertiary alicyclic amines) is 1. The first kappa shape index (κ1) is 26.8.